The third kappa shape index (κ3) is 3.88. The number of aliphatic hydroxyl groups excluding tert-OH is 1. The Morgan fingerprint density at radius 2 is 2.06 bits per heavy atom. The van der Waals surface area contributed by atoms with Gasteiger partial charge in [0, 0.05) is 12.2 Å². The van der Waals surface area contributed by atoms with Crippen LogP contribution in [0.3, 0.4) is 0 Å². The second-order valence-corrected chi connectivity index (χ2v) is 5.38. The maximum absolute atomic E-state index is 12.1. The van der Waals surface area contributed by atoms with Crippen molar-refractivity contribution < 1.29 is 9.90 Å². The fourth-order valence-electron chi connectivity index (χ4n) is 2.04. The van der Waals surface area contributed by atoms with Crippen molar-refractivity contribution in [3.63, 3.8) is 0 Å². The molecular formula is C14H24N2O2. The lowest BCUT2D eigenvalue weighted by Gasteiger charge is -2.19. The van der Waals surface area contributed by atoms with Crippen molar-refractivity contribution in [3.8, 4) is 0 Å². The highest BCUT2D eigenvalue weighted by Gasteiger charge is 2.17. The van der Waals surface area contributed by atoms with Crippen LogP contribution >= 0.6 is 0 Å². The van der Waals surface area contributed by atoms with E-state index >= 15 is 0 Å². The van der Waals surface area contributed by atoms with Crippen LogP contribution < -0.4 is 5.32 Å². The molecule has 4 heteroatoms. The average Bonchev–Trinajstić information content (AvgIpc) is 2.76. The first-order valence-electron chi connectivity index (χ1n) is 6.54. The van der Waals surface area contributed by atoms with Gasteiger partial charge in [0.1, 0.15) is 5.69 Å². The highest BCUT2D eigenvalue weighted by molar-refractivity contribution is 5.93. The van der Waals surface area contributed by atoms with Gasteiger partial charge in [-0.3, -0.25) is 4.79 Å². The zero-order chi connectivity index (χ0) is 13.7. The van der Waals surface area contributed by atoms with Crippen molar-refractivity contribution in [2.75, 3.05) is 6.61 Å². The van der Waals surface area contributed by atoms with E-state index in [2.05, 4.69) is 19.2 Å². The van der Waals surface area contributed by atoms with Crippen LogP contribution in [-0.2, 0) is 0 Å². The number of aromatic nitrogens is 1. The number of carbonyl (C=O) groups excluding carboxylic acids is 1. The van der Waals surface area contributed by atoms with Gasteiger partial charge in [0.15, 0.2) is 0 Å². The first-order chi connectivity index (χ1) is 8.45. The molecule has 0 saturated carbocycles. The van der Waals surface area contributed by atoms with Gasteiger partial charge in [-0.05, 0) is 38.3 Å². The van der Waals surface area contributed by atoms with E-state index in [4.69, 9.17) is 0 Å². The van der Waals surface area contributed by atoms with Crippen LogP contribution in [-0.4, -0.2) is 28.2 Å². The second-order valence-electron chi connectivity index (χ2n) is 5.38. The summed E-state index contributed by atoms with van der Waals surface area (Å²) in [7, 11) is 0. The lowest BCUT2D eigenvalue weighted by molar-refractivity contribution is 0.0897. The molecule has 1 aromatic heterocycles. The van der Waals surface area contributed by atoms with Crippen molar-refractivity contribution >= 4 is 5.91 Å². The first-order valence-corrected chi connectivity index (χ1v) is 6.54. The highest BCUT2D eigenvalue weighted by atomic mass is 16.3. The molecule has 0 saturated heterocycles. The summed E-state index contributed by atoms with van der Waals surface area (Å²) in [6, 6.07) is 3.75. The molecule has 0 bridgehead atoms. The fraction of sp³-hybridized carbons (Fsp3) is 0.643. The number of nitrogens with zero attached hydrogens (tertiary/aromatic N) is 1. The smallest absolute Gasteiger partial charge is 0.268 e. The van der Waals surface area contributed by atoms with Gasteiger partial charge in [0.25, 0.3) is 5.91 Å². The van der Waals surface area contributed by atoms with Gasteiger partial charge in [-0.2, -0.15) is 0 Å². The van der Waals surface area contributed by atoms with E-state index in [9.17, 15) is 9.90 Å². The SMILES string of the molecule is CC(C)CC(CO)NC(=O)c1cccn1C(C)C. The molecule has 0 aromatic carbocycles. The van der Waals surface area contributed by atoms with Crippen molar-refractivity contribution in [2.24, 2.45) is 5.92 Å². The zero-order valence-corrected chi connectivity index (χ0v) is 11.7. The Balaban J connectivity index is 2.72. The summed E-state index contributed by atoms with van der Waals surface area (Å²) in [6.07, 6.45) is 2.68. The number of hydrogen-bond donors (Lipinski definition) is 2. The van der Waals surface area contributed by atoms with Crippen molar-refractivity contribution in [1.82, 2.24) is 9.88 Å². The summed E-state index contributed by atoms with van der Waals surface area (Å²) in [5, 5.41) is 12.2. The molecule has 1 heterocycles. The minimum atomic E-state index is -0.173. The molecule has 1 atom stereocenters. The Kier molecular flexibility index (Phi) is 5.41. The van der Waals surface area contributed by atoms with E-state index in [0.29, 0.717) is 11.6 Å². The topological polar surface area (TPSA) is 54.3 Å². The van der Waals surface area contributed by atoms with Gasteiger partial charge in [0.05, 0.1) is 12.6 Å². The molecule has 1 amide bonds. The van der Waals surface area contributed by atoms with Crippen molar-refractivity contribution in [3.05, 3.63) is 24.0 Å². The minimum absolute atomic E-state index is 0.0215. The highest BCUT2D eigenvalue weighted by Crippen LogP contribution is 2.12. The molecule has 1 aromatic rings. The van der Waals surface area contributed by atoms with Crippen LogP contribution in [0.2, 0.25) is 0 Å². The molecule has 1 rings (SSSR count). The summed E-state index contributed by atoms with van der Waals surface area (Å²) in [6.45, 7) is 8.20. The molecule has 0 aliphatic heterocycles. The fourth-order valence-corrected chi connectivity index (χ4v) is 2.04. The molecular weight excluding hydrogens is 228 g/mol. The first kappa shape index (κ1) is 14.8. The summed E-state index contributed by atoms with van der Waals surface area (Å²) in [5.41, 5.74) is 0.646. The summed E-state index contributed by atoms with van der Waals surface area (Å²) >= 11 is 0. The van der Waals surface area contributed by atoms with E-state index in [0.717, 1.165) is 6.42 Å². The summed E-state index contributed by atoms with van der Waals surface area (Å²) in [5.74, 6) is 0.327. The average molecular weight is 252 g/mol. The third-order valence-electron chi connectivity index (χ3n) is 2.88. The number of rotatable bonds is 6. The molecule has 0 aliphatic rings. The molecule has 102 valence electrons. The zero-order valence-electron chi connectivity index (χ0n) is 11.7. The van der Waals surface area contributed by atoms with Gasteiger partial charge < -0.3 is 15.0 Å². The van der Waals surface area contributed by atoms with Crippen LogP contribution in [0.25, 0.3) is 0 Å². The third-order valence-corrected chi connectivity index (χ3v) is 2.88. The molecule has 0 spiro atoms. The monoisotopic (exact) mass is 252 g/mol. The quantitative estimate of drug-likeness (QED) is 0.815. The molecule has 0 fully saturated rings. The van der Waals surface area contributed by atoms with Crippen LogP contribution in [0, 0.1) is 5.92 Å². The van der Waals surface area contributed by atoms with Gasteiger partial charge >= 0.3 is 0 Å². The van der Waals surface area contributed by atoms with Crippen LogP contribution in [0.15, 0.2) is 18.3 Å². The maximum atomic E-state index is 12.1. The predicted octanol–water partition coefficient (Wildman–Crippen LogP) is 2.21. The molecule has 0 radical (unpaired) electrons. The summed E-state index contributed by atoms with van der Waals surface area (Å²) in [4.78, 5) is 12.1. The minimum Gasteiger partial charge on any atom is -0.394 e. The number of nitrogens with one attached hydrogen (secondary N) is 1. The Labute approximate surface area is 109 Å². The van der Waals surface area contributed by atoms with Gasteiger partial charge in [-0.1, -0.05) is 13.8 Å². The summed E-state index contributed by atoms with van der Waals surface area (Å²) < 4.78 is 1.93. The number of hydrogen-bond acceptors (Lipinski definition) is 2. The van der Waals surface area contributed by atoms with Crippen molar-refractivity contribution in [1.29, 1.82) is 0 Å². The lowest BCUT2D eigenvalue weighted by Crippen LogP contribution is -2.39. The van der Waals surface area contributed by atoms with E-state index in [1.807, 2.05) is 30.7 Å². The molecule has 4 nitrogen and oxygen atoms in total. The Hall–Kier alpha value is -1.29. The standard InChI is InChI=1S/C14H24N2O2/c1-10(2)8-12(9-17)15-14(18)13-6-5-7-16(13)11(3)4/h5-7,10-12,17H,8-9H2,1-4H3,(H,15,18). The van der Waals surface area contributed by atoms with Gasteiger partial charge in [-0.15, -0.1) is 0 Å². The maximum Gasteiger partial charge on any atom is 0.268 e. The second kappa shape index (κ2) is 6.59. The lowest BCUT2D eigenvalue weighted by atomic mass is 10.0. The molecule has 18 heavy (non-hydrogen) atoms. The van der Waals surface area contributed by atoms with Gasteiger partial charge in [-0.25, -0.2) is 0 Å². The normalized spacial score (nSPS) is 13.1. The van der Waals surface area contributed by atoms with Crippen LogP contribution in [0.5, 0.6) is 0 Å². The molecule has 1 unspecified atom stereocenters. The van der Waals surface area contributed by atoms with Crippen LogP contribution in [0.1, 0.15) is 50.6 Å². The van der Waals surface area contributed by atoms with Crippen molar-refractivity contribution in [2.45, 2.75) is 46.2 Å². The number of carbonyl (C=O) groups is 1. The van der Waals surface area contributed by atoms with E-state index < -0.39 is 0 Å². The predicted molar refractivity (Wildman–Crippen MR) is 72.6 cm³/mol. The molecule has 2 N–H and O–H groups in total. The Morgan fingerprint density at radius 1 is 1.39 bits per heavy atom. The number of amides is 1. The van der Waals surface area contributed by atoms with Gasteiger partial charge in [0.2, 0.25) is 0 Å². The Bertz CT molecular complexity index is 383. The molecule has 0 aliphatic carbocycles. The van der Waals surface area contributed by atoms with Crippen LogP contribution in [0.4, 0.5) is 0 Å². The number of aliphatic hydroxyl groups is 1. The largest absolute Gasteiger partial charge is 0.394 e. The Morgan fingerprint density at radius 3 is 2.56 bits per heavy atom. The van der Waals surface area contributed by atoms with E-state index in [-0.39, 0.29) is 24.6 Å². The van der Waals surface area contributed by atoms with E-state index in [1.54, 1.807) is 6.07 Å². The van der Waals surface area contributed by atoms with E-state index in [1.165, 1.54) is 0 Å².